The summed E-state index contributed by atoms with van der Waals surface area (Å²) >= 11 is 0. The molecule has 0 heterocycles. The molecule has 0 amide bonds. The van der Waals surface area contributed by atoms with Crippen LogP contribution in [0.1, 0.15) is 44.7 Å². The molecule has 0 aliphatic heterocycles. The molecule has 0 aromatic heterocycles. The Morgan fingerprint density at radius 2 is 1.68 bits per heavy atom. The van der Waals surface area contributed by atoms with Crippen LogP contribution in [0, 0.1) is 0 Å². The third kappa shape index (κ3) is 7.22. The maximum atomic E-state index is 11.7. The molecule has 1 N–H and O–H groups in total. The summed E-state index contributed by atoms with van der Waals surface area (Å²) in [6, 6.07) is 9.65. The Morgan fingerprint density at radius 3 is 2.32 bits per heavy atom. The van der Waals surface area contributed by atoms with E-state index in [0.29, 0.717) is 32.6 Å². The molecule has 5 nitrogen and oxygen atoms in total. The largest absolute Gasteiger partial charge is 0.466 e. The highest BCUT2D eigenvalue weighted by atomic mass is 16.5. The van der Waals surface area contributed by atoms with Crippen molar-refractivity contribution >= 4 is 11.9 Å². The van der Waals surface area contributed by atoms with Crippen LogP contribution in [0.2, 0.25) is 0 Å². The predicted octanol–water partition coefficient (Wildman–Crippen LogP) is 2.61. The molecule has 0 aliphatic rings. The maximum absolute atomic E-state index is 11.7. The quantitative estimate of drug-likeness (QED) is 0.532. The first-order valence-electron chi connectivity index (χ1n) is 7.77. The highest BCUT2D eigenvalue weighted by Crippen LogP contribution is 2.17. The van der Waals surface area contributed by atoms with Crippen molar-refractivity contribution in [3.8, 4) is 0 Å². The molecule has 5 heteroatoms. The molecule has 0 saturated carbocycles. The number of esters is 2. The lowest BCUT2D eigenvalue weighted by atomic mass is 10.0. The van der Waals surface area contributed by atoms with Gasteiger partial charge >= 0.3 is 11.9 Å². The van der Waals surface area contributed by atoms with Crippen LogP contribution in [0.3, 0.4) is 0 Å². The fourth-order valence-corrected chi connectivity index (χ4v) is 2.12. The summed E-state index contributed by atoms with van der Waals surface area (Å²) in [5.74, 6) is -0.416. The van der Waals surface area contributed by atoms with Gasteiger partial charge < -0.3 is 14.8 Å². The Kier molecular flexibility index (Phi) is 8.91. The van der Waals surface area contributed by atoms with E-state index in [-0.39, 0.29) is 24.4 Å². The Morgan fingerprint density at radius 1 is 1.05 bits per heavy atom. The highest BCUT2D eigenvalue weighted by molar-refractivity contribution is 5.70. The highest BCUT2D eigenvalue weighted by Gasteiger charge is 2.16. The Bertz CT molecular complexity index is 447. The smallest absolute Gasteiger partial charge is 0.307 e. The molecule has 22 heavy (non-hydrogen) atoms. The minimum absolute atomic E-state index is 0.109. The molecule has 1 aromatic carbocycles. The number of hydrogen-bond acceptors (Lipinski definition) is 5. The second kappa shape index (κ2) is 10.8. The van der Waals surface area contributed by atoms with Crippen LogP contribution in [0.25, 0.3) is 0 Å². The van der Waals surface area contributed by atoms with Crippen molar-refractivity contribution < 1.29 is 19.1 Å². The van der Waals surface area contributed by atoms with E-state index in [1.807, 2.05) is 30.3 Å². The first-order valence-corrected chi connectivity index (χ1v) is 7.77. The molecule has 1 atom stereocenters. The molecular weight excluding hydrogens is 282 g/mol. The first-order chi connectivity index (χ1) is 10.7. The van der Waals surface area contributed by atoms with Gasteiger partial charge in [0, 0.05) is 12.5 Å². The maximum Gasteiger partial charge on any atom is 0.307 e. The van der Waals surface area contributed by atoms with Gasteiger partial charge in [-0.3, -0.25) is 9.59 Å². The van der Waals surface area contributed by atoms with Crippen molar-refractivity contribution in [1.29, 1.82) is 0 Å². The van der Waals surface area contributed by atoms with Crippen molar-refractivity contribution in [3.63, 3.8) is 0 Å². The number of nitrogens with one attached hydrogen (secondary N) is 1. The van der Waals surface area contributed by atoms with Crippen molar-refractivity contribution in [3.05, 3.63) is 35.9 Å². The van der Waals surface area contributed by atoms with Crippen LogP contribution in [0.15, 0.2) is 30.3 Å². The Balaban J connectivity index is 2.48. The molecular formula is C17H25NO4. The lowest BCUT2D eigenvalue weighted by Gasteiger charge is -2.18. The molecule has 122 valence electrons. The number of ether oxygens (including phenoxy) is 2. The van der Waals surface area contributed by atoms with Gasteiger partial charge in [-0.05, 0) is 32.4 Å². The SMILES string of the molecule is CCOC(=O)CCCNC(CC(=O)OCC)c1ccccc1. The molecule has 0 spiro atoms. The molecule has 0 saturated heterocycles. The third-order valence-electron chi connectivity index (χ3n) is 3.13. The van der Waals surface area contributed by atoms with Crippen LogP contribution in [0.5, 0.6) is 0 Å². The Labute approximate surface area is 132 Å². The number of hydrogen-bond donors (Lipinski definition) is 1. The summed E-state index contributed by atoms with van der Waals surface area (Å²) in [5, 5.41) is 3.31. The second-order valence-electron chi connectivity index (χ2n) is 4.84. The van der Waals surface area contributed by atoms with Gasteiger partial charge in [0.15, 0.2) is 0 Å². The molecule has 0 aliphatic carbocycles. The average molecular weight is 307 g/mol. The summed E-state index contributed by atoms with van der Waals surface area (Å²) in [6.07, 6.45) is 1.32. The normalized spacial score (nSPS) is 11.7. The topological polar surface area (TPSA) is 64.6 Å². The van der Waals surface area contributed by atoms with Gasteiger partial charge in [0.25, 0.3) is 0 Å². The summed E-state index contributed by atoms with van der Waals surface area (Å²) in [6.45, 7) is 5.01. The molecule has 0 radical (unpaired) electrons. The van der Waals surface area contributed by atoms with Crippen molar-refractivity contribution in [1.82, 2.24) is 5.32 Å². The van der Waals surface area contributed by atoms with Gasteiger partial charge in [0.2, 0.25) is 0 Å². The molecule has 0 fully saturated rings. The minimum atomic E-state index is -0.228. The first kappa shape index (κ1) is 18.2. The van der Waals surface area contributed by atoms with Gasteiger partial charge in [0.05, 0.1) is 19.6 Å². The van der Waals surface area contributed by atoms with Gasteiger partial charge in [0.1, 0.15) is 0 Å². The monoisotopic (exact) mass is 307 g/mol. The van der Waals surface area contributed by atoms with Crippen molar-refractivity contribution in [2.24, 2.45) is 0 Å². The van der Waals surface area contributed by atoms with E-state index in [0.717, 1.165) is 5.56 Å². The number of rotatable bonds is 10. The number of benzene rings is 1. The zero-order valence-electron chi connectivity index (χ0n) is 13.3. The van der Waals surface area contributed by atoms with Crippen LogP contribution in [-0.4, -0.2) is 31.7 Å². The number of carbonyl (C=O) groups excluding carboxylic acids is 2. The van der Waals surface area contributed by atoms with E-state index in [1.54, 1.807) is 13.8 Å². The van der Waals surface area contributed by atoms with Gasteiger partial charge in [-0.1, -0.05) is 30.3 Å². The van der Waals surface area contributed by atoms with E-state index in [2.05, 4.69) is 5.32 Å². The predicted molar refractivity (Wildman–Crippen MR) is 84.3 cm³/mol. The number of carbonyl (C=O) groups is 2. The van der Waals surface area contributed by atoms with Crippen LogP contribution in [-0.2, 0) is 19.1 Å². The zero-order chi connectivity index (χ0) is 16.2. The molecule has 1 aromatic rings. The van der Waals surface area contributed by atoms with Gasteiger partial charge in [-0.2, -0.15) is 0 Å². The van der Waals surface area contributed by atoms with E-state index in [4.69, 9.17) is 9.47 Å². The second-order valence-corrected chi connectivity index (χ2v) is 4.84. The fourth-order valence-electron chi connectivity index (χ4n) is 2.12. The van der Waals surface area contributed by atoms with E-state index < -0.39 is 0 Å². The molecule has 1 unspecified atom stereocenters. The molecule has 1 rings (SSSR count). The van der Waals surface area contributed by atoms with Gasteiger partial charge in [-0.15, -0.1) is 0 Å². The summed E-state index contributed by atoms with van der Waals surface area (Å²) in [7, 11) is 0. The van der Waals surface area contributed by atoms with Crippen LogP contribution in [0.4, 0.5) is 0 Å². The standard InChI is InChI=1S/C17H25NO4/c1-3-21-16(19)11-8-12-18-15(13-17(20)22-4-2)14-9-6-5-7-10-14/h5-7,9-10,15,18H,3-4,8,11-13H2,1-2H3. The average Bonchev–Trinajstić information content (AvgIpc) is 2.51. The lowest BCUT2D eigenvalue weighted by Crippen LogP contribution is -2.26. The van der Waals surface area contributed by atoms with E-state index in [9.17, 15) is 9.59 Å². The van der Waals surface area contributed by atoms with Crippen molar-refractivity contribution in [2.75, 3.05) is 19.8 Å². The molecule has 0 bridgehead atoms. The summed E-state index contributed by atoms with van der Waals surface area (Å²) in [5.41, 5.74) is 1.03. The Hall–Kier alpha value is -1.88. The van der Waals surface area contributed by atoms with Gasteiger partial charge in [-0.25, -0.2) is 0 Å². The summed E-state index contributed by atoms with van der Waals surface area (Å²) < 4.78 is 9.91. The zero-order valence-corrected chi connectivity index (χ0v) is 13.3. The summed E-state index contributed by atoms with van der Waals surface area (Å²) in [4.78, 5) is 23.0. The third-order valence-corrected chi connectivity index (χ3v) is 3.13. The minimum Gasteiger partial charge on any atom is -0.466 e. The lowest BCUT2D eigenvalue weighted by molar-refractivity contribution is -0.144. The van der Waals surface area contributed by atoms with Crippen LogP contribution >= 0.6 is 0 Å². The van der Waals surface area contributed by atoms with Crippen LogP contribution < -0.4 is 5.32 Å². The fraction of sp³-hybridized carbons (Fsp3) is 0.529. The van der Waals surface area contributed by atoms with Crippen molar-refractivity contribution in [2.45, 2.75) is 39.2 Å². The van der Waals surface area contributed by atoms with E-state index in [1.165, 1.54) is 0 Å². The van der Waals surface area contributed by atoms with E-state index >= 15 is 0 Å².